The maximum atomic E-state index is 13.7. The number of para-hydroxylation sites is 1. The second-order valence-corrected chi connectivity index (χ2v) is 6.63. The largest absolute Gasteiger partial charge is 0.496 e. The van der Waals surface area contributed by atoms with E-state index in [-0.39, 0.29) is 30.0 Å². The lowest BCUT2D eigenvalue weighted by molar-refractivity contribution is -0.317. The molecule has 0 bridgehead atoms. The third-order valence-electron chi connectivity index (χ3n) is 5.07. The van der Waals surface area contributed by atoms with Crippen molar-refractivity contribution in [1.29, 1.82) is 0 Å². The van der Waals surface area contributed by atoms with Crippen LogP contribution in [0.2, 0.25) is 0 Å². The van der Waals surface area contributed by atoms with E-state index in [9.17, 15) is 23.1 Å². The molecule has 0 spiro atoms. The zero-order valence-electron chi connectivity index (χ0n) is 14.4. The first-order valence-electron chi connectivity index (χ1n) is 8.60. The number of fused-ring (bicyclic) bond motifs is 1. The summed E-state index contributed by atoms with van der Waals surface area (Å²) in [5, 5.41) is 14.6. The molecule has 0 aromatic heterocycles. The Morgan fingerprint density at radius 2 is 2.12 bits per heavy atom. The number of hydrazone groups is 1. The summed E-state index contributed by atoms with van der Waals surface area (Å²) >= 11 is 0. The van der Waals surface area contributed by atoms with Crippen LogP contribution >= 0.6 is 0 Å². The number of amides is 1. The number of hydrogen-bond acceptors (Lipinski definition) is 4. The SMILES string of the molecule is COc1ccccc1CCC(=O)N1N=C2CCCC[C@@H]2[C@@]1(O)C(F)(F)F. The quantitative estimate of drug-likeness (QED) is 0.885. The number of alkyl halides is 3. The fraction of sp³-hybridized carbons (Fsp3) is 0.556. The summed E-state index contributed by atoms with van der Waals surface area (Å²) in [6.45, 7) is 0. The molecular formula is C18H21F3N2O3. The Balaban J connectivity index is 1.81. The number of benzene rings is 1. The number of rotatable bonds is 4. The minimum atomic E-state index is -4.97. The zero-order chi connectivity index (χ0) is 18.9. The van der Waals surface area contributed by atoms with Crippen LogP contribution in [-0.4, -0.2) is 40.7 Å². The predicted octanol–water partition coefficient (Wildman–Crippen LogP) is 3.27. The molecule has 1 aliphatic heterocycles. The van der Waals surface area contributed by atoms with E-state index in [2.05, 4.69) is 5.10 Å². The topological polar surface area (TPSA) is 62.1 Å². The number of nitrogens with zero attached hydrogens (tertiary/aromatic N) is 2. The Hall–Kier alpha value is -2.09. The Kier molecular flexibility index (Phi) is 4.96. The van der Waals surface area contributed by atoms with E-state index >= 15 is 0 Å². The molecule has 26 heavy (non-hydrogen) atoms. The van der Waals surface area contributed by atoms with Crippen molar-refractivity contribution in [1.82, 2.24) is 5.01 Å². The van der Waals surface area contributed by atoms with E-state index < -0.39 is 23.7 Å². The van der Waals surface area contributed by atoms with Crippen molar-refractivity contribution in [2.24, 2.45) is 11.0 Å². The number of carbonyl (C=O) groups is 1. The molecule has 1 saturated carbocycles. The molecule has 1 aliphatic carbocycles. The van der Waals surface area contributed by atoms with Crippen LogP contribution in [0.25, 0.3) is 0 Å². The smallest absolute Gasteiger partial charge is 0.439 e. The Bertz CT molecular complexity index is 720. The van der Waals surface area contributed by atoms with Crippen LogP contribution in [0.4, 0.5) is 13.2 Å². The van der Waals surface area contributed by atoms with Gasteiger partial charge in [0.2, 0.25) is 5.91 Å². The van der Waals surface area contributed by atoms with Crippen LogP contribution in [0.3, 0.4) is 0 Å². The van der Waals surface area contributed by atoms with Gasteiger partial charge in [0.15, 0.2) is 0 Å². The van der Waals surface area contributed by atoms with Crippen molar-refractivity contribution >= 4 is 11.6 Å². The number of aryl methyl sites for hydroxylation is 1. The van der Waals surface area contributed by atoms with Gasteiger partial charge in [-0.25, -0.2) is 0 Å². The molecule has 2 aliphatic rings. The Morgan fingerprint density at radius 3 is 2.81 bits per heavy atom. The first-order valence-corrected chi connectivity index (χ1v) is 8.60. The lowest BCUT2D eigenvalue weighted by Gasteiger charge is -2.38. The van der Waals surface area contributed by atoms with E-state index in [0.29, 0.717) is 30.6 Å². The van der Waals surface area contributed by atoms with Crippen LogP contribution in [0.5, 0.6) is 5.75 Å². The molecule has 1 amide bonds. The molecule has 3 rings (SSSR count). The Labute approximate surface area is 149 Å². The third kappa shape index (κ3) is 3.06. The van der Waals surface area contributed by atoms with Crippen molar-refractivity contribution in [2.75, 3.05) is 7.11 Å². The van der Waals surface area contributed by atoms with Gasteiger partial charge in [-0.15, -0.1) is 0 Å². The fourth-order valence-corrected chi connectivity index (χ4v) is 3.72. The van der Waals surface area contributed by atoms with Gasteiger partial charge in [-0.05, 0) is 37.3 Å². The third-order valence-corrected chi connectivity index (χ3v) is 5.07. The van der Waals surface area contributed by atoms with Crippen LogP contribution in [0.15, 0.2) is 29.4 Å². The van der Waals surface area contributed by atoms with Crippen LogP contribution in [-0.2, 0) is 11.2 Å². The number of methoxy groups -OCH3 is 1. The normalized spacial score (nSPS) is 25.7. The van der Waals surface area contributed by atoms with Crippen molar-refractivity contribution in [3.8, 4) is 5.75 Å². The summed E-state index contributed by atoms with van der Waals surface area (Å²) in [6.07, 6.45) is -3.15. The highest BCUT2D eigenvalue weighted by Gasteiger charge is 2.68. The van der Waals surface area contributed by atoms with Crippen molar-refractivity contribution in [3.05, 3.63) is 29.8 Å². The molecule has 0 radical (unpaired) electrons. The fourth-order valence-electron chi connectivity index (χ4n) is 3.72. The zero-order valence-corrected chi connectivity index (χ0v) is 14.4. The average Bonchev–Trinajstić information content (AvgIpc) is 2.94. The molecule has 1 aromatic rings. The molecule has 0 saturated heterocycles. The van der Waals surface area contributed by atoms with Gasteiger partial charge < -0.3 is 9.84 Å². The molecular weight excluding hydrogens is 349 g/mol. The van der Waals surface area contributed by atoms with Crippen molar-refractivity contribution in [2.45, 2.75) is 50.4 Å². The average molecular weight is 370 g/mol. The van der Waals surface area contributed by atoms with Gasteiger partial charge in [0.05, 0.1) is 13.0 Å². The second kappa shape index (κ2) is 6.90. The van der Waals surface area contributed by atoms with E-state index in [4.69, 9.17) is 4.74 Å². The molecule has 8 heteroatoms. The summed E-state index contributed by atoms with van der Waals surface area (Å²) in [5.74, 6) is -1.46. The lowest BCUT2D eigenvalue weighted by Crippen LogP contribution is -2.61. The molecule has 1 aromatic carbocycles. The molecule has 142 valence electrons. The summed E-state index contributed by atoms with van der Waals surface area (Å²) in [4.78, 5) is 12.5. The number of aliphatic hydroxyl groups is 1. The highest BCUT2D eigenvalue weighted by atomic mass is 19.4. The molecule has 1 heterocycles. The molecule has 1 N–H and O–H groups in total. The van der Waals surface area contributed by atoms with Gasteiger partial charge in [-0.2, -0.15) is 23.3 Å². The molecule has 1 fully saturated rings. The van der Waals surface area contributed by atoms with Crippen LogP contribution < -0.4 is 4.74 Å². The lowest BCUT2D eigenvalue weighted by atomic mass is 9.80. The van der Waals surface area contributed by atoms with E-state index in [1.807, 2.05) is 0 Å². The highest BCUT2D eigenvalue weighted by Crippen LogP contribution is 2.48. The molecule has 5 nitrogen and oxygen atoms in total. The first-order chi connectivity index (χ1) is 12.3. The van der Waals surface area contributed by atoms with Gasteiger partial charge in [-0.3, -0.25) is 4.79 Å². The summed E-state index contributed by atoms with van der Waals surface area (Å²) in [5.41, 5.74) is -2.27. The summed E-state index contributed by atoms with van der Waals surface area (Å²) < 4.78 is 46.2. The Morgan fingerprint density at radius 1 is 1.38 bits per heavy atom. The summed E-state index contributed by atoms with van der Waals surface area (Å²) in [7, 11) is 1.49. The minimum Gasteiger partial charge on any atom is -0.496 e. The molecule has 0 unspecified atom stereocenters. The van der Waals surface area contributed by atoms with Gasteiger partial charge in [0, 0.05) is 12.1 Å². The van der Waals surface area contributed by atoms with Crippen molar-refractivity contribution < 1.29 is 27.8 Å². The number of ether oxygens (including phenoxy) is 1. The standard InChI is InChI=1S/C18H21F3N2O3/c1-26-15-9-5-2-6-12(15)10-11-16(24)23-17(25,18(19,20)21)13-7-3-4-8-14(13)22-23/h2,5-6,9,13,25H,3-4,7-8,10-11H2,1H3/t13-,17+/m0/s1. The first kappa shape index (κ1) is 18.7. The summed E-state index contributed by atoms with van der Waals surface area (Å²) in [6, 6.07) is 7.00. The number of hydrogen-bond donors (Lipinski definition) is 1. The van der Waals surface area contributed by atoms with Crippen molar-refractivity contribution in [3.63, 3.8) is 0 Å². The number of carbonyl (C=O) groups excluding carboxylic acids is 1. The number of halogens is 3. The monoisotopic (exact) mass is 370 g/mol. The van der Waals surface area contributed by atoms with Gasteiger partial charge in [0.1, 0.15) is 5.75 Å². The van der Waals surface area contributed by atoms with Gasteiger partial charge in [0.25, 0.3) is 5.72 Å². The van der Waals surface area contributed by atoms with Gasteiger partial charge in [-0.1, -0.05) is 24.6 Å². The highest BCUT2D eigenvalue weighted by molar-refractivity contribution is 5.93. The maximum Gasteiger partial charge on any atom is 0.439 e. The van der Waals surface area contributed by atoms with E-state index in [1.165, 1.54) is 7.11 Å². The molecule has 2 atom stereocenters. The minimum absolute atomic E-state index is 0.172. The van der Waals surface area contributed by atoms with Crippen LogP contribution in [0.1, 0.15) is 37.7 Å². The van der Waals surface area contributed by atoms with Crippen LogP contribution in [0, 0.1) is 5.92 Å². The van der Waals surface area contributed by atoms with Gasteiger partial charge >= 0.3 is 6.18 Å². The second-order valence-electron chi connectivity index (χ2n) is 6.63. The predicted molar refractivity (Wildman–Crippen MR) is 88.6 cm³/mol. The maximum absolute atomic E-state index is 13.7. The van der Waals surface area contributed by atoms with E-state index in [0.717, 1.165) is 0 Å². The van der Waals surface area contributed by atoms with E-state index in [1.54, 1.807) is 24.3 Å².